The summed E-state index contributed by atoms with van der Waals surface area (Å²) < 4.78 is 17.2. The van der Waals surface area contributed by atoms with E-state index in [2.05, 4.69) is 51.1 Å². The van der Waals surface area contributed by atoms with E-state index < -0.39 is 18.4 Å². The normalized spacial score (nSPS) is 14.5. The number of unbranched alkanes of at least 4 members (excludes halogenated alkanes) is 2. The van der Waals surface area contributed by atoms with Crippen molar-refractivity contribution in [2.45, 2.75) is 65.9 Å². The van der Waals surface area contributed by atoms with E-state index in [1.165, 1.54) is 39.0 Å². The van der Waals surface area contributed by atoms with Crippen LogP contribution in [0.2, 0.25) is 13.3 Å². The molecule has 1 rings (SSSR count). The van der Waals surface area contributed by atoms with Crippen LogP contribution in [0.5, 0.6) is 0 Å². The molecular formula is C21H38O2Sn. The molecule has 2 atom stereocenters. The summed E-state index contributed by atoms with van der Waals surface area (Å²) in [7, 11) is 3.61. The molecule has 0 aliphatic carbocycles. The van der Waals surface area contributed by atoms with E-state index in [0.717, 1.165) is 0 Å². The van der Waals surface area contributed by atoms with Crippen molar-refractivity contribution in [3.63, 3.8) is 0 Å². The van der Waals surface area contributed by atoms with Crippen LogP contribution in [0.25, 0.3) is 0 Å². The minimum absolute atomic E-state index is 0.220. The molecule has 138 valence electrons. The van der Waals surface area contributed by atoms with Gasteiger partial charge in [-0.15, -0.1) is 0 Å². The second-order valence-electron chi connectivity index (χ2n) is 7.26. The third-order valence-electron chi connectivity index (χ3n) is 5.39. The van der Waals surface area contributed by atoms with E-state index in [-0.39, 0.29) is 6.10 Å². The molecule has 0 fully saturated rings. The molecule has 0 N–H and O–H groups in total. The third kappa shape index (κ3) is 6.68. The van der Waals surface area contributed by atoms with Gasteiger partial charge in [-0.25, -0.2) is 0 Å². The summed E-state index contributed by atoms with van der Waals surface area (Å²) in [6, 6.07) is 11.5. The molecule has 2 nitrogen and oxygen atoms in total. The van der Waals surface area contributed by atoms with Gasteiger partial charge in [-0.2, -0.15) is 0 Å². The van der Waals surface area contributed by atoms with Crippen LogP contribution < -0.4 is 3.58 Å². The zero-order valence-electron chi connectivity index (χ0n) is 16.5. The Balaban J connectivity index is 3.08. The van der Waals surface area contributed by atoms with Gasteiger partial charge in [-0.05, 0) is 0 Å². The van der Waals surface area contributed by atoms with Crippen molar-refractivity contribution in [1.29, 1.82) is 0 Å². The summed E-state index contributed by atoms with van der Waals surface area (Å²) in [6.07, 6.45) is 5.58. The van der Waals surface area contributed by atoms with Crippen LogP contribution in [0.4, 0.5) is 0 Å². The van der Waals surface area contributed by atoms with E-state index >= 15 is 0 Å². The van der Waals surface area contributed by atoms with Crippen molar-refractivity contribution < 1.29 is 9.47 Å². The second kappa shape index (κ2) is 12.3. The first-order valence-electron chi connectivity index (χ1n) is 9.70. The van der Waals surface area contributed by atoms with Gasteiger partial charge in [-0.1, -0.05) is 0 Å². The summed E-state index contributed by atoms with van der Waals surface area (Å²) in [6.45, 7) is 7.73. The first-order valence-corrected chi connectivity index (χ1v) is 17.2. The third-order valence-corrected chi connectivity index (χ3v) is 21.4. The first kappa shape index (κ1) is 22.0. The van der Waals surface area contributed by atoms with E-state index in [4.69, 9.17) is 9.47 Å². The van der Waals surface area contributed by atoms with Crippen molar-refractivity contribution >= 4 is 22.0 Å². The van der Waals surface area contributed by atoms with Crippen molar-refractivity contribution in [3.8, 4) is 0 Å². The van der Waals surface area contributed by atoms with Gasteiger partial charge in [-0.3, -0.25) is 0 Å². The Hall–Kier alpha value is -0.0613. The molecule has 2 unspecified atom stereocenters. The number of hydrogen-bond acceptors (Lipinski definition) is 2. The molecule has 0 saturated carbocycles. The number of methoxy groups -OCH3 is 2. The summed E-state index contributed by atoms with van der Waals surface area (Å²) >= 11 is -2.43. The standard InChI is InChI=1S/C7H15O2.C6H5.2C4H9.Sn/c1-6(2)7(9-4)5-8-3;1-2-4-6-5-3-1;2*1-3-4-2;/h6-7H,1,5H2,2-4H3;1-5H;2*1,3-4H2,2H3;. The zero-order valence-corrected chi connectivity index (χ0v) is 19.4. The number of benzene rings is 1. The minimum atomic E-state index is -2.43. The van der Waals surface area contributed by atoms with Crippen LogP contribution in [0, 0.1) is 5.92 Å². The Morgan fingerprint density at radius 3 is 2.00 bits per heavy atom. The molecule has 0 spiro atoms. The Kier molecular flexibility index (Phi) is 11.3. The molecule has 1 aromatic rings. The molecule has 0 aliphatic rings. The van der Waals surface area contributed by atoms with E-state index in [1.54, 1.807) is 10.7 Å². The molecule has 0 radical (unpaired) electrons. The number of hydrogen-bond donors (Lipinski definition) is 0. The molecule has 0 bridgehead atoms. The first-order chi connectivity index (χ1) is 11.6. The van der Waals surface area contributed by atoms with Gasteiger partial charge < -0.3 is 0 Å². The predicted molar refractivity (Wildman–Crippen MR) is 108 cm³/mol. The molecule has 0 saturated heterocycles. The van der Waals surface area contributed by atoms with Crippen molar-refractivity contribution in [2.75, 3.05) is 20.8 Å². The topological polar surface area (TPSA) is 18.5 Å². The van der Waals surface area contributed by atoms with Crippen LogP contribution in [-0.2, 0) is 9.47 Å². The quantitative estimate of drug-likeness (QED) is 0.390. The van der Waals surface area contributed by atoms with Gasteiger partial charge in [0.2, 0.25) is 0 Å². The Morgan fingerprint density at radius 1 is 0.958 bits per heavy atom. The number of rotatable bonds is 13. The van der Waals surface area contributed by atoms with Crippen LogP contribution in [0.1, 0.15) is 46.5 Å². The van der Waals surface area contributed by atoms with Crippen molar-refractivity contribution in [1.82, 2.24) is 0 Å². The van der Waals surface area contributed by atoms with Crippen LogP contribution >= 0.6 is 0 Å². The van der Waals surface area contributed by atoms with Crippen molar-refractivity contribution in [3.05, 3.63) is 30.3 Å². The average Bonchev–Trinajstić information content (AvgIpc) is 2.62. The SMILES string of the molecule is CCC[CH2][Sn]([CH2]CCC)([CH2]C(C)C(COC)OC)[c]1ccccc1. The molecule has 0 heterocycles. The summed E-state index contributed by atoms with van der Waals surface area (Å²) in [4.78, 5) is 0. The van der Waals surface area contributed by atoms with E-state index in [1.807, 2.05) is 7.11 Å². The van der Waals surface area contributed by atoms with Crippen LogP contribution in [-0.4, -0.2) is 45.3 Å². The monoisotopic (exact) mass is 442 g/mol. The molecule has 0 amide bonds. The molecular weight excluding hydrogens is 403 g/mol. The molecule has 0 aliphatic heterocycles. The maximum absolute atomic E-state index is 5.75. The molecule has 1 aromatic carbocycles. The zero-order chi connectivity index (χ0) is 17.8. The fraction of sp³-hybridized carbons (Fsp3) is 0.714. The fourth-order valence-electron chi connectivity index (χ4n) is 3.93. The van der Waals surface area contributed by atoms with Crippen LogP contribution in [0.3, 0.4) is 0 Å². The Bertz CT molecular complexity index is 413. The fourth-order valence-corrected chi connectivity index (χ4v) is 20.9. The van der Waals surface area contributed by atoms with Gasteiger partial charge >= 0.3 is 154 Å². The van der Waals surface area contributed by atoms with Crippen LogP contribution in [0.15, 0.2) is 30.3 Å². The van der Waals surface area contributed by atoms with Gasteiger partial charge in [0.05, 0.1) is 0 Å². The number of ether oxygens (including phenoxy) is 2. The van der Waals surface area contributed by atoms with Gasteiger partial charge in [0.15, 0.2) is 0 Å². The Labute approximate surface area is 154 Å². The summed E-state index contributed by atoms with van der Waals surface area (Å²) in [5, 5.41) is 0. The molecule has 24 heavy (non-hydrogen) atoms. The van der Waals surface area contributed by atoms with Crippen molar-refractivity contribution in [2.24, 2.45) is 5.92 Å². The second-order valence-corrected chi connectivity index (χ2v) is 20.2. The summed E-state index contributed by atoms with van der Waals surface area (Å²) in [5.74, 6) is 0.569. The average molecular weight is 441 g/mol. The predicted octanol–water partition coefficient (Wildman–Crippen LogP) is 5.24. The van der Waals surface area contributed by atoms with Gasteiger partial charge in [0.1, 0.15) is 0 Å². The van der Waals surface area contributed by atoms with Gasteiger partial charge in [0.25, 0.3) is 0 Å². The van der Waals surface area contributed by atoms with E-state index in [0.29, 0.717) is 12.5 Å². The molecule has 0 aromatic heterocycles. The maximum atomic E-state index is 5.75. The Morgan fingerprint density at radius 2 is 1.54 bits per heavy atom. The van der Waals surface area contributed by atoms with Gasteiger partial charge in [0, 0.05) is 0 Å². The molecule has 3 heteroatoms. The summed E-state index contributed by atoms with van der Waals surface area (Å²) in [5.41, 5.74) is 0. The van der Waals surface area contributed by atoms with E-state index in [9.17, 15) is 0 Å².